The number of hydrogen-bond acceptors (Lipinski definition) is 3. The Morgan fingerprint density at radius 2 is 1.86 bits per heavy atom. The highest BCUT2D eigenvalue weighted by atomic mass is 28.3. The van der Waals surface area contributed by atoms with Crippen molar-refractivity contribution in [1.29, 1.82) is 0 Å². The number of nitrogens with one attached hydrogen (secondary N) is 1. The number of methoxy groups -OCH3 is 1. The van der Waals surface area contributed by atoms with Gasteiger partial charge in [0.05, 0.1) is 13.7 Å². The van der Waals surface area contributed by atoms with E-state index in [1.54, 1.807) is 0 Å². The fourth-order valence-corrected chi connectivity index (χ4v) is 5.07. The fourth-order valence-electron chi connectivity index (χ4n) is 2.46. The number of carbonyl (C=O) groups is 1. The van der Waals surface area contributed by atoms with Crippen LogP contribution in [-0.4, -0.2) is 33.7 Å². The van der Waals surface area contributed by atoms with Gasteiger partial charge in [-0.05, 0) is 5.92 Å². The average Bonchev–Trinajstić information content (AvgIpc) is 2.47. The van der Waals surface area contributed by atoms with E-state index < -0.39 is 8.07 Å². The van der Waals surface area contributed by atoms with Crippen molar-refractivity contribution in [2.45, 2.75) is 33.0 Å². The second kappa shape index (κ2) is 7.57. The minimum Gasteiger partial charge on any atom is -0.468 e. The van der Waals surface area contributed by atoms with Gasteiger partial charge in [-0.25, -0.2) is 0 Å². The Hall–Kier alpha value is -1.39. The van der Waals surface area contributed by atoms with E-state index in [0.29, 0.717) is 5.92 Å². The van der Waals surface area contributed by atoms with E-state index in [1.807, 2.05) is 6.07 Å². The zero-order chi connectivity index (χ0) is 16.0. The number of hydrogen-bond donors (Lipinski definition) is 1. The van der Waals surface area contributed by atoms with Crippen molar-refractivity contribution in [3.63, 3.8) is 0 Å². The molecular formula is C17H27NO2Si. The molecule has 0 aliphatic rings. The van der Waals surface area contributed by atoms with Crippen molar-refractivity contribution in [2.75, 3.05) is 13.7 Å². The minimum atomic E-state index is -1.80. The van der Waals surface area contributed by atoms with Crippen molar-refractivity contribution in [1.82, 2.24) is 5.32 Å². The highest BCUT2D eigenvalue weighted by molar-refractivity contribution is 6.95. The molecule has 0 aliphatic carbocycles. The average molecular weight is 305 g/mol. The van der Waals surface area contributed by atoms with Crippen molar-refractivity contribution in [2.24, 2.45) is 5.92 Å². The molecule has 0 amide bonds. The molecule has 0 saturated heterocycles. The Bertz CT molecular complexity index is 483. The maximum absolute atomic E-state index is 11.4. The van der Waals surface area contributed by atoms with Crippen LogP contribution < -0.4 is 10.5 Å². The summed E-state index contributed by atoms with van der Waals surface area (Å²) in [7, 11) is -0.391. The maximum Gasteiger partial charge on any atom is 0.319 e. The van der Waals surface area contributed by atoms with Gasteiger partial charge in [-0.1, -0.05) is 67.7 Å². The van der Waals surface area contributed by atoms with Gasteiger partial charge in [0, 0.05) is 6.04 Å². The lowest BCUT2D eigenvalue weighted by atomic mass is 10.0. The molecule has 0 spiro atoms. The zero-order valence-electron chi connectivity index (χ0n) is 13.8. The normalized spacial score (nSPS) is 13.0. The summed E-state index contributed by atoms with van der Waals surface area (Å²) in [5.74, 6) is 0.130. The number of ether oxygens (including phenoxy) is 1. The Labute approximate surface area is 129 Å². The summed E-state index contributed by atoms with van der Waals surface area (Å²) in [6, 6.07) is 10.6. The molecule has 0 bridgehead atoms. The standard InChI is InChI=1S/C17H27NO2Si/c1-13(2)17(18-12-16(19)20-4)14(3)21(5,6)15-10-8-7-9-11-15/h7-11,13,17-18H,3,12H2,1-2,4-6H3/t17-/m0/s1. The SMILES string of the molecule is C=C([C@@H](NCC(=O)OC)C(C)C)[Si](C)(C)c1ccccc1. The first-order valence-electron chi connectivity index (χ1n) is 7.35. The number of carbonyl (C=O) groups excluding carboxylic acids is 1. The Kier molecular flexibility index (Phi) is 6.36. The van der Waals surface area contributed by atoms with Gasteiger partial charge in [-0.2, -0.15) is 0 Å². The van der Waals surface area contributed by atoms with Gasteiger partial charge >= 0.3 is 5.97 Å². The first kappa shape index (κ1) is 17.7. The van der Waals surface area contributed by atoms with Gasteiger partial charge in [0.1, 0.15) is 8.07 Å². The molecule has 0 aromatic heterocycles. The quantitative estimate of drug-likeness (QED) is 0.621. The van der Waals surface area contributed by atoms with E-state index in [-0.39, 0.29) is 18.6 Å². The second-order valence-corrected chi connectivity index (χ2v) is 10.7. The summed E-state index contributed by atoms with van der Waals surface area (Å²) < 4.78 is 4.71. The van der Waals surface area contributed by atoms with E-state index >= 15 is 0 Å². The third-order valence-electron chi connectivity index (χ3n) is 4.03. The molecule has 0 heterocycles. The van der Waals surface area contributed by atoms with Crippen molar-refractivity contribution < 1.29 is 9.53 Å². The van der Waals surface area contributed by atoms with Crippen LogP contribution in [0, 0.1) is 5.92 Å². The van der Waals surface area contributed by atoms with Crippen LogP contribution in [-0.2, 0) is 9.53 Å². The minimum absolute atomic E-state index is 0.117. The second-order valence-electron chi connectivity index (χ2n) is 6.19. The molecule has 1 aromatic rings. The van der Waals surface area contributed by atoms with Gasteiger partial charge in [-0.3, -0.25) is 4.79 Å². The highest BCUT2D eigenvalue weighted by Crippen LogP contribution is 2.21. The van der Waals surface area contributed by atoms with Crippen LogP contribution in [0.3, 0.4) is 0 Å². The monoisotopic (exact) mass is 305 g/mol. The Morgan fingerprint density at radius 1 is 1.29 bits per heavy atom. The lowest BCUT2D eigenvalue weighted by molar-refractivity contribution is -0.139. The molecule has 21 heavy (non-hydrogen) atoms. The molecule has 1 aromatic carbocycles. The molecule has 0 fully saturated rings. The summed E-state index contributed by atoms with van der Waals surface area (Å²) >= 11 is 0. The topological polar surface area (TPSA) is 38.3 Å². The summed E-state index contributed by atoms with van der Waals surface area (Å²) in [6.07, 6.45) is 0. The molecule has 1 N–H and O–H groups in total. The summed E-state index contributed by atoms with van der Waals surface area (Å²) in [5.41, 5.74) is 0. The molecule has 3 nitrogen and oxygen atoms in total. The van der Waals surface area contributed by atoms with E-state index in [1.165, 1.54) is 17.5 Å². The van der Waals surface area contributed by atoms with Crippen molar-refractivity contribution in [3.8, 4) is 0 Å². The predicted molar refractivity (Wildman–Crippen MR) is 91.3 cm³/mol. The molecule has 1 rings (SSSR count). The number of benzene rings is 1. The third-order valence-corrected chi connectivity index (χ3v) is 7.73. The summed E-state index contributed by atoms with van der Waals surface area (Å²) in [5, 5.41) is 5.88. The van der Waals surface area contributed by atoms with Gasteiger partial charge in [0.15, 0.2) is 0 Å². The van der Waals surface area contributed by atoms with Gasteiger partial charge in [0.2, 0.25) is 0 Å². The molecule has 4 heteroatoms. The first-order valence-corrected chi connectivity index (χ1v) is 10.4. The molecular weight excluding hydrogens is 278 g/mol. The number of esters is 1. The van der Waals surface area contributed by atoms with Crippen LogP contribution in [0.15, 0.2) is 42.1 Å². The van der Waals surface area contributed by atoms with Gasteiger partial charge in [-0.15, -0.1) is 6.58 Å². The smallest absolute Gasteiger partial charge is 0.319 e. The Balaban J connectivity index is 2.92. The van der Waals surface area contributed by atoms with Crippen LogP contribution in [0.2, 0.25) is 13.1 Å². The van der Waals surface area contributed by atoms with Gasteiger partial charge in [0.25, 0.3) is 0 Å². The van der Waals surface area contributed by atoms with E-state index in [2.05, 4.69) is 63.1 Å². The summed E-state index contributed by atoms with van der Waals surface area (Å²) in [4.78, 5) is 11.4. The van der Waals surface area contributed by atoms with Crippen LogP contribution >= 0.6 is 0 Å². The third kappa shape index (κ3) is 4.54. The molecule has 0 aliphatic heterocycles. The molecule has 0 unspecified atom stereocenters. The van der Waals surface area contributed by atoms with Crippen LogP contribution in [0.4, 0.5) is 0 Å². The van der Waals surface area contributed by atoms with Crippen molar-refractivity contribution >= 4 is 19.2 Å². The molecule has 0 radical (unpaired) electrons. The van der Waals surface area contributed by atoms with E-state index in [4.69, 9.17) is 4.74 Å². The largest absolute Gasteiger partial charge is 0.468 e. The lowest BCUT2D eigenvalue weighted by Crippen LogP contribution is -2.52. The van der Waals surface area contributed by atoms with Crippen LogP contribution in [0.1, 0.15) is 13.8 Å². The van der Waals surface area contributed by atoms with E-state index in [0.717, 1.165) is 0 Å². The van der Waals surface area contributed by atoms with E-state index in [9.17, 15) is 4.79 Å². The number of rotatable bonds is 7. The lowest BCUT2D eigenvalue weighted by Gasteiger charge is -2.34. The van der Waals surface area contributed by atoms with Crippen LogP contribution in [0.25, 0.3) is 0 Å². The van der Waals surface area contributed by atoms with Crippen molar-refractivity contribution in [3.05, 3.63) is 42.1 Å². The fraction of sp³-hybridized carbons (Fsp3) is 0.471. The van der Waals surface area contributed by atoms with Crippen LogP contribution in [0.5, 0.6) is 0 Å². The molecule has 1 atom stereocenters. The zero-order valence-corrected chi connectivity index (χ0v) is 14.8. The summed E-state index contributed by atoms with van der Waals surface area (Å²) in [6.45, 7) is 13.5. The van der Waals surface area contributed by atoms with Gasteiger partial charge < -0.3 is 10.1 Å². The predicted octanol–water partition coefficient (Wildman–Crippen LogP) is 2.48. The molecule has 116 valence electrons. The highest BCUT2D eigenvalue weighted by Gasteiger charge is 2.33. The first-order chi connectivity index (χ1) is 9.80. The maximum atomic E-state index is 11.4. The Morgan fingerprint density at radius 3 is 2.33 bits per heavy atom. The molecule has 0 saturated carbocycles.